The SMILES string of the molecule is O=C(O)C1NC(c2ccc(-c3nc4c5ccccc5c5ccccc5c4[nH]3)cc2)S1. The molecule has 0 saturated carbocycles. The highest BCUT2D eigenvalue weighted by Gasteiger charge is 2.35. The Balaban J connectivity index is 1.44. The van der Waals surface area contributed by atoms with Crippen LogP contribution in [0, 0.1) is 0 Å². The number of carboxylic acids is 1. The number of benzene rings is 4. The number of nitrogens with one attached hydrogen (secondary N) is 2. The fourth-order valence-electron chi connectivity index (χ4n) is 4.16. The van der Waals surface area contributed by atoms with Gasteiger partial charge in [-0.1, -0.05) is 72.8 Å². The van der Waals surface area contributed by atoms with Crippen molar-refractivity contribution in [3.8, 4) is 11.4 Å². The number of nitrogens with zero attached hydrogens (tertiary/aromatic N) is 1. The second kappa shape index (κ2) is 6.58. The number of carboxylic acid groups (broad SMARTS) is 1. The molecule has 1 aromatic heterocycles. The molecule has 146 valence electrons. The minimum Gasteiger partial charge on any atom is -0.479 e. The average molecular weight is 411 g/mol. The minimum atomic E-state index is -0.824. The topological polar surface area (TPSA) is 78.0 Å². The second-order valence-electron chi connectivity index (χ2n) is 7.42. The minimum absolute atomic E-state index is 0.0173. The number of H-pyrrole nitrogens is 1. The van der Waals surface area contributed by atoms with Crippen LogP contribution >= 0.6 is 11.8 Å². The summed E-state index contributed by atoms with van der Waals surface area (Å²) in [7, 11) is 0. The predicted octanol–water partition coefficient (Wildman–Crippen LogP) is 5.28. The van der Waals surface area contributed by atoms with E-state index in [-0.39, 0.29) is 5.37 Å². The van der Waals surface area contributed by atoms with E-state index in [1.165, 1.54) is 22.5 Å². The maximum Gasteiger partial charge on any atom is 0.331 e. The molecule has 4 aromatic carbocycles. The van der Waals surface area contributed by atoms with E-state index in [0.717, 1.165) is 38.8 Å². The van der Waals surface area contributed by atoms with Gasteiger partial charge in [-0.15, -0.1) is 11.8 Å². The Morgan fingerprint density at radius 3 is 2.13 bits per heavy atom. The van der Waals surface area contributed by atoms with E-state index >= 15 is 0 Å². The fourth-order valence-corrected chi connectivity index (χ4v) is 5.07. The Hall–Kier alpha value is -3.35. The van der Waals surface area contributed by atoms with Gasteiger partial charge in [-0.25, -0.2) is 9.78 Å². The number of aromatic nitrogens is 2. The largest absolute Gasteiger partial charge is 0.479 e. The van der Waals surface area contributed by atoms with Crippen LogP contribution < -0.4 is 5.32 Å². The van der Waals surface area contributed by atoms with E-state index in [1.54, 1.807) is 0 Å². The molecular formula is C24H17N3O2S. The molecule has 5 nitrogen and oxygen atoms in total. The van der Waals surface area contributed by atoms with Crippen LogP contribution in [0.4, 0.5) is 0 Å². The Morgan fingerprint density at radius 2 is 1.47 bits per heavy atom. The number of aliphatic carboxylic acids is 1. The van der Waals surface area contributed by atoms with E-state index in [9.17, 15) is 4.79 Å². The molecule has 1 fully saturated rings. The Morgan fingerprint density at radius 1 is 0.867 bits per heavy atom. The lowest BCUT2D eigenvalue weighted by atomic mass is 10.0. The third-order valence-electron chi connectivity index (χ3n) is 5.66. The molecule has 6 rings (SSSR count). The smallest absolute Gasteiger partial charge is 0.331 e. The molecule has 1 saturated heterocycles. The van der Waals surface area contributed by atoms with E-state index in [1.807, 2.05) is 30.3 Å². The maximum atomic E-state index is 11.0. The zero-order chi connectivity index (χ0) is 20.2. The van der Waals surface area contributed by atoms with Crippen molar-refractivity contribution >= 4 is 50.3 Å². The van der Waals surface area contributed by atoms with Gasteiger partial charge in [-0.3, -0.25) is 5.32 Å². The van der Waals surface area contributed by atoms with Crippen molar-refractivity contribution in [2.75, 3.05) is 0 Å². The molecule has 2 atom stereocenters. The summed E-state index contributed by atoms with van der Waals surface area (Å²) in [4.78, 5) is 19.5. The highest BCUT2D eigenvalue weighted by molar-refractivity contribution is 8.02. The van der Waals surface area contributed by atoms with Crippen LogP contribution in [0.1, 0.15) is 10.9 Å². The molecule has 2 heterocycles. The van der Waals surface area contributed by atoms with Crippen molar-refractivity contribution in [3.63, 3.8) is 0 Å². The van der Waals surface area contributed by atoms with Crippen molar-refractivity contribution < 1.29 is 9.90 Å². The van der Waals surface area contributed by atoms with Gasteiger partial charge in [0.2, 0.25) is 0 Å². The van der Waals surface area contributed by atoms with Gasteiger partial charge in [-0.05, 0) is 16.3 Å². The van der Waals surface area contributed by atoms with Crippen molar-refractivity contribution in [2.45, 2.75) is 10.7 Å². The van der Waals surface area contributed by atoms with Crippen LogP contribution in [0.25, 0.3) is 44.0 Å². The summed E-state index contributed by atoms with van der Waals surface area (Å²) in [5.41, 5.74) is 4.09. The highest BCUT2D eigenvalue weighted by Crippen LogP contribution is 2.40. The second-order valence-corrected chi connectivity index (χ2v) is 8.64. The summed E-state index contributed by atoms with van der Waals surface area (Å²) in [5.74, 6) is 0.00490. The van der Waals surface area contributed by atoms with Gasteiger partial charge in [0.15, 0.2) is 5.37 Å². The third kappa shape index (κ3) is 2.61. The molecule has 5 aromatic rings. The normalized spacial score (nSPS) is 18.7. The summed E-state index contributed by atoms with van der Waals surface area (Å²) < 4.78 is 0. The van der Waals surface area contributed by atoms with Crippen LogP contribution in [0.3, 0.4) is 0 Å². The maximum absolute atomic E-state index is 11.0. The summed E-state index contributed by atoms with van der Waals surface area (Å²) in [6.45, 7) is 0. The Labute approximate surface area is 176 Å². The molecule has 1 aliphatic rings. The van der Waals surface area contributed by atoms with Crippen molar-refractivity contribution in [1.29, 1.82) is 0 Å². The molecule has 2 unspecified atom stereocenters. The van der Waals surface area contributed by atoms with E-state index in [2.05, 4.69) is 52.8 Å². The lowest BCUT2D eigenvalue weighted by Gasteiger charge is -2.33. The van der Waals surface area contributed by atoms with Gasteiger partial charge >= 0.3 is 5.97 Å². The average Bonchev–Trinajstić information content (AvgIpc) is 3.19. The molecule has 0 spiro atoms. The number of thioether (sulfide) groups is 1. The molecule has 6 heteroatoms. The van der Waals surface area contributed by atoms with Crippen LogP contribution in [0.15, 0.2) is 72.8 Å². The molecule has 0 bridgehead atoms. The number of fused-ring (bicyclic) bond motifs is 6. The molecule has 1 aliphatic heterocycles. The van der Waals surface area contributed by atoms with E-state index in [4.69, 9.17) is 10.1 Å². The van der Waals surface area contributed by atoms with Gasteiger partial charge in [0.1, 0.15) is 5.82 Å². The molecule has 0 aliphatic carbocycles. The van der Waals surface area contributed by atoms with Crippen LogP contribution in [-0.2, 0) is 4.79 Å². The fraction of sp³-hybridized carbons (Fsp3) is 0.0833. The highest BCUT2D eigenvalue weighted by atomic mass is 32.2. The summed E-state index contributed by atoms with van der Waals surface area (Å²) in [6.07, 6.45) is 0. The summed E-state index contributed by atoms with van der Waals surface area (Å²) in [5, 5.41) is 16.3. The van der Waals surface area contributed by atoms with Gasteiger partial charge in [0, 0.05) is 16.3 Å². The van der Waals surface area contributed by atoms with Crippen molar-refractivity contribution in [1.82, 2.24) is 15.3 Å². The number of hydrogen-bond donors (Lipinski definition) is 3. The number of rotatable bonds is 3. The lowest BCUT2D eigenvalue weighted by Crippen LogP contribution is -2.45. The first-order chi connectivity index (χ1) is 14.7. The number of hydrogen-bond acceptors (Lipinski definition) is 4. The van der Waals surface area contributed by atoms with Crippen molar-refractivity contribution in [2.24, 2.45) is 0 Å². The number of imidazole rings is 1. The monoisotopic (exact) mass is 411 g/mol. The number of aromatic amines is 1. The van der Waals surface area contributed by atoms with Crippen molar-refractivity contribution in [3.05, 3.63) is 78.4 Å². The van der Waals surface area contributed by atoms with Crippen LogP contribution in [-0.4, -0.2) is 26.4 Å². The van der Waals surface area contributed by atoms with Crippen LogP contribution in [0.5, 0.6) is 0 Å². The van der Waals surface area contributed by atoms with E-state index < -0.39 is 11.3 Å². The van der Waals surface area contributed by atoms with Gasteiger partial charge in [0.05, 0.1) is 16.4 Å². The van der Waals surface area contributed by atoms with Gasteiger partial charge < -0.3 is 10.1 Å². The zero-order valence-corrected chi connectivity index (χ0v) is 16.6. The Kier molecular flexibility index (Phi) is 3.84. The first kappa shape index (κ1) is 17.5. The van der Waals surface area contributed by atoms with Gasteiger partial charge in [-0.2, -0.15) is 0 Å². The molecule has 0 amide bonds. The number of carbonyl (C=O) groups is 1. The van der Waals surface area contributed by atoms with E-state index in [0.29, 0.717) is 0 Å². The third-order valence-corrected chi connectivity index (χ3v) is 6.95. The Bertz CT molecular complexity index is 1360. The molecular weight excluding hydrogens is 394 g/mol. The molecule has 3 N–H and O–H groups in total. The lowest BCUT2D eigenvalue weighted by molar-refractivity contribution is -0.137. The standard InChI is InChI=1S/C24H17N3O2S/c28-24(29)23-27-22(30-23)14-11-9-13(10-12-14)21-25-19-17-7-3-1-5-15(17)16-6-2-4-8-18(16)20(19)26-21/h1-12,22-23,27H,(H,25,26)(H,28,29). The molecule has 30 heavy (non-hydrogen) atoms. The van der Waals surface area contributed by atoms with Crippen LogP contribution in [0.2, 0.25) is 0 Å². The summed E-state index contributed by atoms with van der Waals surface area (Å²) >= 11 is 1.41. The molecule has 0 radical (unpaired) electrons. The zero-order valence-electron chi connectivity index (χ0n) is 15.8. The first-order valence-corrected chi connectivity index (χ1v) is 10.7. The van der Waals surface area contributed by atoms with Gasteiger partial charge in [0.25, 0.3) is 0 Å². The first-order valence-electron chi connectivity index (χ1n) is 9.73. The summed E-state index contributed by atoms with van der Waals surface area (Å²) in [6, 6.07) is 24.9. The quantitative estimate of drug-likeness (QED) is 0.352. The predicted molar refractivity (Wildman–Crippen MR) is 121 cm³/mol.